The number of hydrogen-bond acceptors (Lipinski definition) is 4. The lowest BCUT2D eigenvalue weighted by molar-refractivity contribution is 0.0961. The van der Waals surface area contributed by atoms with Crippen LogP contribution in [0, 0.1) is 0 Å². The van der Waals surface area contributed by atoms with Gasteiger partial charge in [-0.2, -0.15) is 0 Å². The van der Waals surface area contributed by atoms with Gasteiger partial charge in [0, 0.05) is 11.1 Å². The molecule has 0 aliphatic carbocycles. The van der Waals surface area contributed by atoms with E-state index < -0.39 is 12.1 Å². The van der Waals surface area contributed by atoms with E-state index in [0.717, 1.165) is 0 Å². The zero-order valence-corrected chi connectivity index (χ0v) is 12.9. The molecule has 0 fully saturated rings. The normalized spacial score (nSPS) is 12.5. The summed E-state index contributed by atoms with van der Waals surface area (Å²) in [6, 6.07) is 17.3. The van der Waals surface area contributed by atoms with Gasteiger partial charge in [-0.3, -0.25) is 9.59 Å². The van der Waals surface area contributed by atoms with Crippen LogP contribution in [0.5, 0.6) is 0 Å². The van der Waals surface area contributed by atoms with Crippen molar-refractivity contribution in [1.82, 2.24) is 0 Å². The fourth-order valence-corrected chi connectivity index (χ4v) is 1.73. The Morgan fingerprint density at radius 2 is 0.955 bits per heavy atom. The fraction of sp³-hybridized carbons (Fsp3) is 0.222. The second-order valence-electron chi connectivity index (χ2n) is 5.04. The summed E-state index contributed by atoms with van der Waals surface area (Å²) < 4.78 is 0. The van der Waals surface area contributed by atoms with E-state index in [4.69, 9.17) is 11.5 Å². The number of nitrogens with two attached hydrogens (primary N) is 2. The van der Waals surface area contributed by atoms with E-state index in [0.29, 0.717) is 11.1 Å². The SMILES string of the molecule is CC(N)C(=O)c1ccccc1.CC(N)C(=O)c1ccccc1. The van der Waals surface area contributed by atoms with Gasteiger partial charge in [-0.25, -0.2) is 0 Å². The maximum absolute atomic E-state index is 11.2. The Hall–Kier alpha value is -2.30. The van der Waals surface area contributed by atoms with E-state index in [1.54, 1.807) is 38.1 Å². The minimum Gasteiger partial charge on any atom is -0.321 e. The summed E-state index contributed by atoms with van der Waals surface area (Å²) in [7, 11) is 0. The zero-order valence-electron chi connectivity index (χ0n) is 12.9. The molecular weight excluding hydrogens is 276 g/mol. The van der Waals surface area contributed by atoms with Gasteiger partial charge in [-0.1, -0.05) is 60.7 Å². The van der Waals surface area contributed by atoms with E-state index in [9.17, 15) is 9.59 Å². The van der Waals surface area contributed by atoms with E-state index in [-0.39, 0.29) is 11.6 Å². The Kier molecular flexibility index (Phi) is 7.16. The summed E-state index contributed by atoms with van der Waals surface area (Å²) in [4.78, 5) is 22.4. The number of ketones is 2. The lowest BCUT2D eigenvalue weighted by atomic mass is 10.1. The number of Topliss-reactive ketones (excluding diaryl/α,β-unsaturated/α-hetero) is 2. The molecule has 2 rings (SSSR count). The second kappa shape index (κ2) is 8.87. The molecule has 2 aromatic rings. The van der Waals surface area contributed by atoms with Gasteiger partial charge < -0.3 is 11.5 Å². The Bertz CT molecular complexity index is 537. The summed E-state index contributed by atoms with van der Waals surface area (Å²) in [6.07, 6.45) is 0. The van der Waals surface area contributed by atoms with Crippen molar-refractivity contribution in [2.75, 3.05) is 0 Å². The average molecular weight is 298 g/mol. The summed E-state index contributed by atoms with van der Waals surface area (Å²) in [6.45, 7) is 3.38. The van der Waals surface area contributed by atoms with Gasteiger partial charge in [0.25, 0.3) is 0 Å². The van der Waals surface area contributed by atoms with Crippen LogP contribution in [-0.2, 0) is 0 Å². The minimum atomic E-state index is -0.405. The first-order valence-corrected chi connectivity index (χ1v) is 7.13. The number of carbonyl (C=O) groups excluding carboxylic acids is 2. The van der Waals surface area contributed by atoms with Crippen LogP contribution in [0.4, 0.5) is 0 Å². The Labute approximate surface area is 131 Å². The molecule has 0 heterocycles. The maximum Gasteiger partial charge on any atom is 0.179 e. The van der Waals surface area contributed by atoms with E-state index in [2.05, 4.69) is 0 Å². The van der Waals surface area contributed by atoms with Crippen LogP contribution in [0.1, 0.15) is 34.6 Å². The predicted octanol–water partition coefficient (Wildman–Crippen LogP) is 2.43. The summed E-state index contributed by atoms with van der Waals surface area (Å²) in [5.41, 5.74) is 12.2. The lowest BCUT2D eigenvalue weighted by Gasteiger charge is -2.02. The van der Waals surface area contributed by atoms with Crippen LogP contribution in [0.15, 0.2) is 60.7 Å². The van der Waals surface area contributed by atoms with Crippen molar-refractivity contribution in [1.29, 1.82) is 0 Å². The van der Waals surface area contributed by atoms with Gasteiger partial charge >= 0.3 is 0 Å². The van der Waals surface area contributed by atoms with Gasteiger partial charge in [-0.05, 0) is 13.8 Å². The van der Waals surface area contributed by atoms with E-state index >= 15 is 0 Å². The van der Waals surface area contributed by atoms with Gasteiger partial charge in [0.05, 0.1) is 12.1 Å². The minimum absolute atomic E-state index is 0.00870. The molecule has 4 heteroatoms. The molecule has 0 aliphatic heterocycles. The molecule has 116 valence electrons. The molecule has 4 nitrogen and oxygen atoms in total. The molecule has 0 saturated carbocycles. The lowest BCUT2D eigenvalue weighted by Crippen LogP contribution is -2.26. The van der Waals surface area contributed by atoms with Crippen molar-refractivity contribution < 1.29 is 9.59 Å². The highest BCUT2D eigenvalue weighted by Crippen LogP contribution is 2.01. The molecule has 0 spiro atoms. The molecule has 0 amide bonds. The molecule has 2 aromatic carbocycles. The topological polar surface area (TPSA) is 86.2 Å². The first kappa shape index (κ1) is 17.8. The van der Waals surface area contributed by atoms with Crippen molar-refractivity contribution in [3.8, 4) is 0 Å². The maximum atomic E-state index is 11.2. The molecule has 0 saturated heterocycles. The third kappa shape index (κ3) is 5.60. The first-order valence-electron chi connectivity index (χ1n) is 7.13. The number of rotatable bonds is 4. The highest BCUT2D eigenvalue weighted by Gasteiger charge is 2.09. The van der Waals surface area contributed by atoms with E-state index in [1.807, 2.05) is 36.4 Å². The van der Waals surface area contributed by atoms with Crippen LogP contribution in [0.25, 0.3) is 0 Å². The second-order valence-corrected chi connectivity index (χ2v) is 5.04. The number of hydrogen-bond donors (Lipinski definition) is 2. The molecule has 22 heavy (non-hydrogen) atoms. The monoisotopic (exact) mass is 298 g/mol. The first-order chi connectivity index (χ1) is 10.4. The third-order valence-electron chi connectivity index (χ3n) is 2.94. The quantitative estimate of drug-likeness (QED) is 0.849. The summed E-state index contributed by atoms with van der Waals surface area (Å²) >= 11 is 0. The largest absolute Gasteiger partial charge is 0.321 e. The Morgan fingerprint density at radius 3 is 1.18 bits per heavy atom. The highest BCUT2D eigenvalue weighted by atomic mass is 16.1. The van der Waals surface area contributed by atoms with Crippen LogP contribution >= 0.6 is 0 Å². The number of carbonyl (C=O) groups is 2. The smallest absolute Gasteiger partial charge is 0.179 e. The molecule has 2 unspecified atom stereocenters. The van der Waals surface area contributed by atoms with Crippen molar-refractivity contribution in [3.05, 3.63) is 71.8 Å². The summed E-state index contributed by atoms with van der Waals surface area (Å²) in [5.74, 6) is -0.0174. The van der Waals surface area contributed by atoms with Crippen LogP contribution in [0.3, 0.4) is 0 Å². The zero-order chi connectivity index (χ0) is 16.5. The molecular formula is C18H22N2O2. The molecule has 4 N–H and O–H groups in total. The molecule has 0 aromatic heterocycles. The van der Waals surface area contributed by atoms with Gasteiger partial charge in [0.15, 0.2) is 11.6 Å². The van der Waals surface area contributed by atoms with Crippen molar-refractivity contribution in [3.63, 3.8) is 0 Å². The average Bonchev–Trinajstić information content (AvgIpc) is 2.55. The predicted molar refractivity (Wildman–Crippen MR) is 88.8 cm³/mol. The van der Waals surface area contributed by atoms with Crippen LogP contribution < -0.4 is 11.5 Å². The van der Waals surface area contributed by atoms with Crippen molar-refractivity contribution in [2.45, 2.75) is 25.9 Å². The molecule has 0 aliphatic rings. The Morgan fingerprint density at radius 1 is 0.682 bits per heavy atom. The van der Waals surface area contributed by atoms with Crippen molar-refractivity contribution in [2.24, 2.45) is 11.5 Å². The molecule has 0 radical (unpaired) electrons. The van der Waals surface area contributed by atoms with E-state index in [1.165, 1.54) is 0 Å². The fourth-order valence-electron chi connectivity index (χ4n) is 1.73. The van der Waals surface area contributed by atoms with Gasteiger partial charge in [0.2, 0.25) is 0 Å². The summed E-state index contributed by atoms with van der Waals surface area (Å²) in [5, 5.41) is 0. The molecule has 2 atom stereocenters. The van der Waals surface area contributed by atoms with Crippen LogP contribution in [0.2, 0.25) is 0 Å². The van der Waals surface area contributed by atoms with Crippen molar-refractivity contribution >= 4 is 11.6 Å². The van der Waals surface area contributed by atoms with Gasteiger partial charge in [-0.15, -0.1) is 0 Å². The number of benzene rings is 2. The molecule has 0 bridgehead atoms. The van der Waals surface area contributed by atoms with Crippen LogP contribution in [-0.4, -0.2) is 23.7 Å². The Balaban J connectivity index is 0.000000220. The highest BCUT2D eigenvalue weighted by molar-refractivity contribution is 6.00. The third-order valence-corrected chi connectivity index (χ3v) is 2.94. The van der Waals surface area contributed by atoms with Gasteiger partial charge in [0.1, 0.15) is 0 Å². The standard InChI is InChI=1S/2C9H11NO/c2*1-7(10)9(11)8-5-3-2-4-6-8/h2*2-7H,10H2,1H3.